The van der Waals surface area contributed by atoms with Crippen molar-refractivity contribution in [1.82, 2.24) is 15.5 Å². The highest BCUT2D eigenvalue weighted by atomic mass is 16.2. The van der Waals surface area contributed by atoms with Gasteiger partial charge in [0.1, 0.15) is 0 Å². The Labute approximate surface area is 160 Å². The maximum absolute atomic E-state index is 12.0. The molecular formula is C19H29N5O3. The standard InChI is InChI=1S/C19H29N5O3/c1-23(2)17(25)9-10-21-19(27)22-12-14-6-3-4-8-16(14)24-11-5-7-15(13-24)18(20)26/h3-4,6,8,15H,5,7,9-13H2,1-2H3,(H2,20,26)(H2,21,22,27). The van der Waals surface area contributed by atoms with Crippen molar-refractivity contribution in [1.29, 1.82) is 0 Å². The largest absolute Gasteiger partial charge is 0.370 e. The van der Waals surface area contributed by atoms with E-state index in [0.717, 1.165) is 30.6 Å². The fraction of sp³-hybridized carbons (Fsp3) is 0.526. The summed E-state index contributed by atoms with van der Waals surface area (Å²) < 4.78 is 0. The molecule has 0 saturated carbocycles. The number of carbonyl (C=O) groups excluding carboxylic acids is 3. The quantitative estimate of drug-likeness (QED) is 0.651. The number of anilines is 1. The molecule has 1 fully saturated rings. The number of nitrogens with two attached hydrogens (primary N) is 1. The molecule has 2 rings (SSSR count). The van der Waals surface area contributed by atoms with Crippen molar-refractivity contribution in [3.63, 3.8) is 0 Å². The second-order valence-electron chi connectivity index (χ2n) is 6.96. The summed E-state index contributed by atoms with van der Waals surface area (Å²) in [6, 6.07) is 7.50. The highest BCUT2D eigenvalue weighted by Crippen LogP contribution is 2.26. The van der Waals surface area contributed by atoms with Gasteiger partial charge in [-0.1, -0.05) is 18.2 Å². The van der Waals surface area contributed by atoms with Crippen molar-refractivity contribution in [2.75, 3.05) is 38.6 Å². The molecule has 1 atom stereocenters. The first kappa shape index (κ1) is 20.5. The lowest BCUT2D eigenvalue weighted by molar-refractivity contribution is -0.128. The van der Waals surface area contributed by atoms with Crippen LogP contribution in [0.1, 0.15) is 24.8 Å². The maximum atomic E-state index is 12.0. The predicted molar refractivity (Wildman–Crippen MR) is 104 cm³/mol. The molecule has 8 heteroatoms. The number of piperidine rings is 1. The van der Waals surface area contributed by atoms with E-state index in [0.29, 0.717) is 13.1 Å². The number of urea groups is 1. The summed E-state index contributed by atoms with van der Waals surface area (Å²) in [5.41, 5.74) is 7.45. The van der Waals surface area contributed by atoms with Gasteiger partial charge in [0.05, 0.1) is 5.92 Å². The average Bonchev–Trinajstić information content (AvgIpc) is 2.66. The minimum atomic E-state index is -0.315. The van der Waals surface area contributed by atoms with Gasteiger partial charge in [0.25, 0.3) is 0 Å². The zero-order valence-corrected chi connectivity index (χ0v) is 16.0. The fourth-order valence-corrected chi connectivity index (χ4v) is 3.14. The van der Waals surface area contributed by atoms with E-state index in [-0.39, 0.29) is 36.7 Å². The Morgan fingerprint density at radius 2 is 1.96 bits per heavy atom. The summed E-state index contributed by atoms with van der Waals surface area (Å²) in [6.07, 6.45) is 2.00. The summed E-state index contributed by atoms with van der Waals surface area (Å²) in [6.45, 7) is 2.11. The first-order valence-electron chi connectivity index (χ1n) is 9.22. The van der Waals surface area contributed by atoms with Crippen LogP contribution < -0.4 is 21.3 Å². The van der Waals surface area contributed by atoms with E-state index in [1.807, 2.05) is 24.3 Å². The van der Waals surface area contributed by atoms with E-state index in [1.54, 1.807) is 14.1 Å². The first-order chi connectivity index (χ1) is 12.9. The van der Waals surface area contributed by atoms with Crippen molar-refractivity contribution < 1.29 is 14.4 Å². The molecule has 1 unspecified atom stereocenters. The third-order valence-electron chi connectivity index (χ3n) is 4.72. The Bertz CT molecular complexity index is 677. The summed E-state index contributed by atoms with van der Waals surface area (Å²) in [5, 5.41) is 5.51. The number of para-hydroxylation sites is 1. The predicted octanol–water partition coefficient (Wildman–Crippen LogP) is 0.666. The first-order valence-corrected chi connectivity index (χ1v) is 9.22. The smallest absolute Gasteiger partial charge is 0.315 e. The van der Waals surface area contributed by atoms with Gasteiger partial charge in [-0.15, -0.1) is 0 Å². The van der Waals surface area contributed by atoms with Crippen LogP contribution in [0.25, 0.3) is 0 Å². The Kier molecular flexibility index (Phi) is 7.45. The fourth-order valence-electron chi connectivity index (χ4n) is 3.14. The molecular weight excluding hydrogens is 346 g/mol. The van der Waals surface area contributed by atoms with E-state index in [1.165, 1.54) is 4.90 Å². The van der Waals surface area contributed by atoms with Gasteiger partial charge in [-0.25, -0.2) is 4.79 Å². The van der Waals surface area contributed by atoms with Gasteiger partial charge in [-0.3, -0.25) is 9.59 Å². The molecule has 1 aromatic carbocycles. The van der Waals surface area contributed by atoms with Crippen molar-refractivity contribution in [3.8, 4) is 0 Å². The molecule has 0 aliphatic carbocycles. The third-order valence-corrected chi connectivity index (χ3v) is 4.72. The Morgan fingerprint density at radius 3 is 2.67 bits per heavy atom. The molecule has 1 heterocycles. The van der Waals surface area contributed by atoms with Crippen molar-refractivity contribution in [3.05, 3.63) is 29.8 Å². The summed E-state index contributed by atoms with van der Waals surface area (Å²) >= 11 is 0. The van der Waals surface area contributed by atoms with Gasteiger partial charge in [-0.2, -0.15) is 0 Å². The molecule has 8 nitrogen and oxygen atoms in total. The molecule has 0 radical (unpaired) electrons. The van der Waals surface area contributed by atoms with Gasteiger partial charge in [0.15, 0.2) is 0 Å². The molecule has 0 spiro atoms. The molecule has 148 valence electrons. The summed E-state index contributed by atoms with van der Waals surface area (Å²) in [5.74, 6) is -0.436. The van der Waals surface area contributed by atoms with Crippen LogP contribution >= 0.6 is 0 Å². The molecule has 1 saturated heterocycles. The van der Waals surface area contributed by atoms with Crippen molar-refractivity contribution in [2.24, 2.45) is 11.7 Å². The van der Waals surface area contributed by atoms with Crippen LogP contribution in [0.2, 0.25) is 0 Å². The molecule has 1 aliphatic heterocycles. The molecule has 1 aromatic rings. The molecule has 4 amide bonds. The third kappa shape index (κ3) is 6.16. The van der Waals surface area contributed by atoms with Crippen molar-refractivity contribution in [2.45, 2.75) is 25.8 Å². The van der Waals surface area contributed by atoms with E-state index < -0.39 is 0 Å². The normalized spacial score (nSPS) is 16.5. The van der Waals surface area contributed by atoms with Crippen LogP contribution in [0.15, 0.2) is 24.3 Å². The highest BCUT2D eigenvalue weighted by Gasteiger charge is 2.25. The SMILES string of the molecule is CN(C)C(=O)CCNC(=O)NCc1ccccc1N1CCCC(C(N)=O)C1. The van der Waals surface area contributed by atoms with Gasteiger partial charge in [0.2, 0.25) is 11.8 Å². The number of primary amides is 1. The second kappa shape index (κ2) is 9.80. The highest BCUT2D eigenvalue weighted by molar-refractivity contribution is 5.78. The molecule has 0 bridgehead atoms. The van der Waals surface area contributed by atoms with Gasteiger partial charge >= 0.3 is 6.03 Å². The summed E-state index contributed by atoms with van der Waals surface area (Å²) in [4.78, 5) is 38.7. The van der Waals surface area contributed by atoms with Crippen LogP contribution in [0.4, 0.5) is 10.5 Å². The number of rotatable bonds is 7. The zero-order chi connectivity index (χ0) is 19.8. The maximum Gasteiger partial charge on any atom is 0.315 e. The Hall–Kier alpha value is -2.77. The Morgan fingerprint density at radius 1 is 1.22 bits per heavy atom. The second-order valence-corrected chi connectivity index (χ2v) is 6.96. The van der Waals surface area contributed by atoms with Crippen LogP contribution in [-0.4, -0.2) is 56.5 Å². The van der Waals surface area contributed by atoms with Gasteiger partial charge < -0.3 is 26.2 Å². The summed E-state index contributed by atoms with van der Waals surface area (Å²) in [7, 11) is 3.37. The topological polar surface area (TPSA) is 108 Å². The number of benzene rings is 1. The number of nitrogens with one attached hydrogen (secondary N) is 2. The van der Waals surface area contributed by atoms with Gasteiger partial charge in [0, 0.05) is 52.4 Å². The van der Waals surface area contributed by atoms with Crippen LogP contribution in [-0.2, 0) is 16.1 Å². The Balaban J connectivity index is 1.89. The van der Waals surface area contributed by atoms with E-state index in [9.17, 15) is 14.4 Å². The lowest BCUT2D eigenvalue weighted by atomic mass is 9.96. The van der Waals surface area contributed by atoms with Gasteiger partial charge in [-0.05, 0) is 24.5 Å². The van der Waals surface area contributed by atoms with Crippen molar-refractivity contribution >= 4 is 23.5 Å². The van der Waals surface area contributed by atoms with Crippen LogP contribution in [0, 0.1) is 5.92 Å². The number of nitrogens with zero attached hydrogens (tertiary/aromatic N) is 2. The lowest BCUT2D eigenvalue weighted by Crippen LogP contribution is -2.42. The molecule has 4 N–H and O–H groups in total. The van der Waals surface area contributed by atoms with E-state index in [2.05, 4.69) is 15.5 Å². The number of hydrogen-bond acceptors (Lipinski definition) is 4. The van der Waals surface area contributed by atoms with Crippen LogP contribution in [0.3, 0.4) is 0 Å². The minimum Gasteiger partial charge on any atom is -0.370 e. The van der Waals surface area contributed by atoms with Crippen LogP contribution in [0.5, 0.6) is 0 Å². The lowest BCUT2D eigenvalue weighted by Gasteiger charge is -2.34. The minimum absolute atomic E-state index is 0.0326. The molecule has 27 heavy (non-hydrogen) atoms. The van der Waals surface area contributed by atoms with E-state index in [4.69, 9.17) is 5.73 Å². The molecule has 1 aliphatic rings. The zero-order valence-electron chi connectivity index (χ0n) is 16.0. The average molecular weight is 375 g/mol. The molecule has 0 aromatic heterocycles. The number of carbonyl (C=O) groups is 3. The number of amides is 4. The monoisotopic (exact) mass is 375 g/mol. The number of hydrogen-bond donors (Lipinski definition) is 3. The van der Waals surface area contributed by atoms with E-state index >= 15 is 0 Å².